The molecular formula is C11H11F3N2O3S. The topological polar surface area (TPSA) is 75.3 Å². The van der Waals surface area contributed by atoms with Gasteiger partial charge in [0, 0.05) is 31.1 Å². The third kappa shape index (κ3) is 3.10. The van der Waals surface area contributed by atoms with Crippen LogP contribution in [0.4, 0.5) is 13.2 Å². The van der Waals surface area contributed by atoms with Gasteiger partial charge in [-0.15, -0.1) is 0 Å². The molecule has 20 heavy (non-hydrogen) atoms. The van der Waals surface area contributed by atoms with Crippen LogP contribution in [0.5, 0.6) is 0 Å². The predicted octanol–water partition coefficient (Wildman–Crippen LogP) is 0.661. The van der Waals surface area contributed by atoms with Crippen LogP contribution in [-0.2, 0) is 14.8 Å². The van der Waals surface area contributed by atoms with Crippen molar-refractivity contribution in [2.75, 3.05) is 6.54 Å². The molecule has 2 rings (SSSR count). The third-order valence-corrected chi connectivity index (χ3v) is 4.39. The lowest BCUT2D eigenvalue weighted by Gasteiger charge is -2.23. The van der Waals surface area contributed by atoms with Crippen LogP contribution in [0.1, 0.15) is 12.8 Å². The lowest BCUT2D eigenvalue weighted by atomic mass is 10.1. The molecule has 1 atom stereocenters. The second kappa shape index (κ2) is 5.41. The van der Waals surface area contributed by atoms with Crippen LogP contribution in [0.25, 0.3) is 0 Å². The standard InChI is InChI=1S/C11H11F3N2O3S/c12-6-3-8(13)11(9(14)4-6)20(18,19)16-7-1-2-10(17)15-5-7/h3-4,7,16H,1-2,5H2,(H,15,17). The molecule has 110 valence electrons. The molecule has 1 aliphatic heterocycles. The number of rotatable bonds is 3. The molecule has 5 nitrogen and oxygen atoms in total. The van der Waals surface area contributed by atoms with Gasteiger partial charge in [0.15, 0.2) is 4.90 Å². The molecule has 0 aliphatic carbocycles. The molecule has 1 aromatic carbocycles. The van der Waals surface area contributed by atoms with Crippen molar-refractivity contribution in [3.05, 3.63) is 29.6 Å². The summed E-state index contributed by atoms with van der Waals surface area (Å²) in [5.41, 5.74) is 0. The molecule has 1 heterocycles. The van der Waals surface area contributed by atoms with E-state index in [0.717, 1.165) is 0 Å². The first-order chi connectivity index (χ1) is 9.29. The van der Waals surface area contributed by atoms with E-state index >= 15 is 0 Å². The van der Waals surface area contributed by atoms with Gasteiger partial charge in [-0.1, -0.05) is 0 Å². The molecule has 1 unspecified atom stereocenters. The summed E-state index contributed by atoms with van der Waals surface area (Å²) in [5, 5.41) is 2.43. The Kier molecular flexibility index (Phi) is 4.00. The quantitative estimate of drug-likeness (QED) is 0.861. The van der Waals surface area contributed by atoms with Gasteiger partial charge in [-0.3, -0.25) is 4.79 Å². The maximum atomic E-state index is 13.5. The number of carbonyl (C=O) groups is 1. The van der Waals surface area contributed by atoms with Gasteiger partial charge >= 0.3 is 0 Å². The van der Waals surface area contributed by atoms with Crippen molar-refractivity contribution in [2.45, 2.75) is 23.8 Å². The second-order valence-corrected chi connectivity index (χ2v) is 6.01. The summed E-state index contributed by atoms with van der Waals surface area (Å²) < 4.78 is 65.6. The van der Waals surface area contributed by atoms with Gasteiger partial charge in [-0.05, 0) is 6.42 Å². The van der Waals surface area contributed by atoms with Crippen LogP contribution in [0, 0.1) is 17.5 Å². The second-order valence-electron chi connectivity index (χ2n) is 4.36. The number of sulfonamides is 1. The number of hydrogen-bond acceptors (Lipinski definition) is 3. The molecular weight excluding hydrogens is 297 g/mol. The fourth-order valence-electron chi connectivity index (χ4n) is 1.90. The van der Waals surface area contributed by atoms with Crippen molar-refractivity contribution >= 4 is 15.9 Å². The number of hydrogen-bond donors (Lipinski definition) is 2. The summed E-state index contributed by atoms with van der Waals surface area (Å²) in [6.45, 7) is 0.0303. The van der Waals surface area contributed by atoms with Gasteiger partial charge in [0.2, 0.25) is 15.9 Å². The van der Waals surface area contributed by atoms with Gasteiger partial charge < -0.3 is 5.32 Å². The third-order valence-electron chi connectivity index (χ3n) is 2.82. The highest BCUT2D eigenvalue weighted by Crippen LogP contribution is 2.20. The zero-order chi connectivity index (χ0) is 14.9. The highest BCUT2D eigenvalue weighted by molar-refractivity contribution is 7.89. The Morgan fingerprint density at radius 1 is 1.20 bits per heavy atom. The maximum absolute atomic E-state index is 13.5. The Hall–Kier alpha value is -1.61. The van der Waals surface area contributed by atoms with E-state index in [1.807, 2.05) is 0 Å². The van der Waals surface area contributed by atoms with E-state index in [1.54, 1.807) is 0 Å². The fourth-order valence-corrected chi connectivity index (χ4v) is 3.29. The van der Waals surface area contributed by atoms with Crippen molar-refractivity contribution in [3.8, 4) is 0 Å². The number of carbonyl (C=O) groups excluding carboxylic acids is 1. The highest BCUT2D eigenvalue weighted by Gasteiger charge is 2.29. The summed E-state index contributed by atoms with van der Waals surface area (Å²) in [6, 6.07) is -0.0813. The largest absolute Gasteiger partial charge is 0.355 e. The first-order valence-electron chi connectivity index (χ1n) is 5.73. The van der Waals surface area contributed by atoms with E-state index in [1.165, 1.54) is 0 Å². The monoisotopic (exact) mass is 308 g/mol. The molecule has 1 saturated heterocycles. The van der Waals surface area contributed by atoms with Crippen LogP contribution in [0.2, 0.25) is 0 Å². The van der Waals surface area contributed by atoms with Crippen molar-refractivity contribution < 1.29 is 26.4 Å². The summed E-state index contributed by atoms with van der Waals surface area (Å²) in [4.78, 5) is 9.71. The Labute approximate surface area is 113 Å². The molecule has 0 aromatic heterocycles. The van der Waals surface area contributed by atoms with E-state index in [2.05, 4.69) is 10.0 Å². The minimum atomic E-state index is -4.47. The molecule has 0 radical (unpaired) electrons. The molecule has 1 fully saturated rings. The summed E-state index contributed by atoms with van der Waals surface area (Å²) in [7, 11) is -4.47. The summed E-state index contributed by atoms with van der Waals surface area (Å²) in [6.07, 6.45) is 0.330. The van der Waals surface area contributed by atoms with E-state index in [-0.39, 0.29) is 25.3 Å². The normalized spacial score (nSPS) is 19.8. The first-order valence-corrected chi connectivity index (χ1v) is 7.21. The molecule has 1 amide bonds. The van der Waals surface area contributed by atoms with E-state index < -0.39 is 38.4 Å². The van der Waals surface area contributed by atoms with Crippen LogP contribution in [-0.4, -0.2) is 26.9 Å². The number of nitrogens with one attached hydrogen (secondary N) is 2. The van der Waals surface area contributed by atoms with Crippen LogP contribution < -0.4 is 10.0 Å². The SMILES string of the molecule is O=C1CCC(NS(=O)(=O)c2c(F)cc(F)cc2F)CN1. The van der Waals surface area contributed by atoms with Gasteiger partial charge in [-0.2, -0.15) is 0 Å². The summed E-state index contributed by atoms with van der Waals surface area (Å²) in [5.74, 6) is -4.44. The van der Waals surface area contributed by atoms with Crippen LogP contribution >= 0.6 is 0 Å². The number of benzene rings is 1. The fraction of sp³-hybridized carbons (Fsp3) is 0.364. The highest BCUT2D eigenvalue weighted by atomic mass is 32.2. The molecule has 0 saturated carbocycles. The Bertz CT molecular complexity index is 615. The zero-order valence-corrected chi connectivity index (χ0v) is 10.9. The van der Waals surface area contributed by atoms with E-state index in [0.29, 0.717) is 12.1 Å². The molecule has 1 aliphatic rings. The average molecular weight is 308 g/mol. The average Bonchev–Trinajstić information content (AvgIpc) is 2.30. The molecule has 9 heteroatoms. The number of amides is 1. The Morgan fingerprint density at radius 2 is 1.80 bits per heavy atom. The minimum absolute atomic E-state index is 0.0303. The van der Waals surface area contributed by atoms with E-state index in [4.69, 9.17) is 0 Å². The Morgan fingerprint density at radius 3 is 2.30 bits per heavy atom. The van der Waals surface area contributed by atoms with Gasteiger partial charge in [0.05, 0.1) is 0 Å². The van der Waals surface area contributed by atoms with Crippen molar-refractivity contribution in [2.24, 2.45) is 0 Å². The maximum Gasteiger partial charge on any atom is 0.246 e. The van der Waals surface area contributed by atoms with Gasteiger partial charge in [-0.25, -0.2) is 26.3 Å². The molecule has 0 spiro atoms. The minimum Gasteiger partial charge on any atom is -0.355 e. The van der Waals surface area contributed by atoms with Crippen molar-refractivity contribution in [3.63, 3.8) is 0 Å². The van der Waals surface area contributed by atoms with E-state index in [9.17, 15) is 26.4 Å². The smallest absolute Gasteiger partial charge is 0.246 e. The number of piperidine rings is 1. The van der Waals surface area contributed by atoms with Crippen LogP contribution in [0.15, 0.2) is 17.0 Å². The number of halogens is 3. The lowest BCUT2D eigenvalue weighted by Crippen LogP contribution is -2.47. The van der Waals surface area contributed by atoms with Crippen molar-refractivity contribution in [1.82, 2.24) is 10.0 Å². The molecule has 1 aromatic rings. The first kappa shape index (κ1) is 14.8. The van der Waals surface area contributed by atoms with Gasteiger partial charge in [0.25, 0.3) is 0 Å². The van der Waals surface area contributed by atoms with Gasteiger partial charge in [0.1, 0.15) is 17.5 Å². The summed E-state index contributed by atoms with van der Waals surface area (Å²) >= 11 is 0. The Balaban J connectivity index is 2.25. The zero-order valence-electron chi connectivity index (χ0n) is 10.1. The molecule has 2 N–H and O–H groups in total. The predicted molar refractivity (Wildman–Crippen MR) is 62.7 cm³/mol. The lowest BCUT2D eigenvalue weighted by molar-refractivity contribution is -0.122. The molecule has 0 bridgehead atoms. The van der Waals surface area contributed by atoms with Crippen LogP contribution in [0.3, 0.4) is 0 Å². The van der Waals surface area contributed by atoms with Crippen molar-refractivity contribution in [1.29, 1.82) is 0 Å².